The number of fused-ring (bicyclic) bond motifs is 1. The number of rotatable bonds is 4. The Labute approximate surface area is 124 Å². The summed E-state index contributed by atoms with van der Waals surface area (Å²) in [7, 11) is 0. The maximum atomic E-state index is 12.6. The van der Waals surface area contributed by atoms with Gasteiger partial charge < -0.3 is 10.0 Å². The lowest BCUT2D eigenvalue weighted by Gasteiger charge is -2.34. The van der Waals surface area contributed by atoms with E-state index in [-0.39, 0.29) is 11.6 Å². The van der Waals surface area contributed by atoms with E-state index < -0.39 is 5.97 Å². The summed E-state index contributed by atoms with van der Waals surface area (Å²) in [5.41, 5.74) is 1.75. The van der Waals surface area contributed by atoms with Crippen LogP contribution in [0, 0.1) is 0 Å². The van der Waals surface area contributed by atoms with Crippen LogP contribution in [-0.4, -0.2) is 41.6 Å². The Morgan fingerprint density at radius 1 is 1.48 bits per heavy atom. The first-order valence-electron chi connectivity index (χ1n) is 7.12. The van der Waals surface area contributed by atoms with E-state index in [1.54, 1.807) is 28.0 Å². The largest absolute Gasteiger partial charge is 0.478 e. The molecule has 2 amide bonds. The third-order valence-corrected chi connectivity index (χ3v) is 3.71. The predicted octanol–water partition coefficient (Wildman–Crippen LogP) is 2.77. The molecule has 1 aromatic carbocycles. The lowest BCUT2D eigenvalue weighted by molar-refractivity contribution is 0.0695. The molecule has 112 valence electrons. The van der Waals surface area contributed by atoms with Crippen LogP contribution in [0.15, 0.2) is 30.9 Å². The highest BCUT2D eigenvalue weighted by Crippen LogP contribution is 2.30. The van der Waals surface area contributed by atoms with Gasteiger partial charge in [-0.3, -0.25) is 4.90 Å². The van der Waals surface area contributed by atoms with Crippen molar-refractivity contribution in [3.63, 3.8) is 0 Å². The van der Waals surface area contributed by atoms with Gasteiger partial charge in [-0.15, -0.1) is 6.58 Å². The molecule has 1 aliphatic heterocycles. The third kappa shape index (κ3) is 2.91. The first-order valence-corrected chi connectivity index (χ1v) is 7.12. The van der Waals surface area contributed by atoms with E-state index in [0.29, 0.717) is 31.7 Å². The van der Waals surface area contributed by atoms with Crippen molar-refractivity contribution in [2.24, 2.45) is 0 Å². The number of carbonyl (C=O) groups excluding carboxylic acids is 1. The molecular formula is C16H20N2O3. The van der Waals surface area contributed by atoms with Crippen LogP contribution in [0.2, 0.25) is 0 Å². The van der Waals surface area contributed by atoms with Gasteiger partial charge >= 0.3 is 12.0 Å². The van der Waals surface area contributed by atoms with E-state index in [1.807, 2.05) is 13.0 Å². The van der Waals surface area contributed by atoms with Gasteiger partial charge in [0.25, 0.3) is 0 Å². The number of carbonyl (C=O) groups is 2. The smallest absolute Gasteiger partial charge is 0.336 e. The van der Waals surface area contributed by atoms with Crippen LogP contribution in [0.3, 0.4) is 0 Å². The van der Waals surface area contributed by atoms with Crippen molar-refractivity contribution >= 4 is 17.7 Å². The van der Waals surface area contributed by atoms with Gasteiger partial charge in [0.05, 0.1) is 5.56 Å². The molecule has 1 heterocycles. The van der Waals surface area contributed by atoms with Gasteiger partial charge in [0.1, 0.15) is 0 Å². The number of amides is 2. The van der Waals surface area contributed by atoms with Crippen molar-refractivity contribution in [1.29, 1.82) is 0 Å². The van der Waals surface area contributed by atoms with Gasteiger partial charge in [-0.25, -0.2) is 9.59 Å². The number of hydrogen-bond donors (Lipinski definition) is 1. The lowest BCUT2D eigenvalue weighted by Crippen LogP contribution is -2.45. The fourth-order valence-corrected chi connectivity index (χ4v) is 2.69. The van der Waals surface area contributed by atoms with Crippen molar-refractivity contribution in [1.82, 2.24) is 4.90 Å². The number of carboxylic acids is 1. The number of hydrogen-bond acceptors (Lipinski definition) is 2. The van der Waals surface area contributed by atoms with Gasteiger partial charge in [0, 0.05) is 25.3 Å². The van der Waals surface area contributed by atoms with Gasteiger partial charge in [-0.1, -0.05) is 12.1 Å². The normalized spacial score (nSPS) is 13.5. The molecule has 0 aliphatic carbocycles. The predicted molar refractivity (Wildman–Crippen MR) is 81.9 cm³/mol. The monoisotopic (exact) mass is 288 g/mol. The molecule has 5 heteroatoms. The molecule has 0 bridgehead atoms. The average Bonchev–Trinajstić information content (AvgIpc) is 2.50. The minimum absolute atomic E-state index is 0.0964. The Balaban J connectivity index is 2.38. The van der Waals surface area contributed by atoms with Crippen LogP contribution >= 0.6 is 0 Å². The summed E-state index contributed by atoms with van der Waals surface area (Å²) >= 11 is 0. The van der Waals surface area contributed by atoms with E-state index in [1.165, 1.54) is 0 Å². The molecule has 1 N–H and O–H groups in total. The molecule has 0 saturated heterocycles. The molecule has 5 nitrogen and oxygen atoms in total. The number of benzene rings is 1. The van der Waals surface area contributed by atoms with Gasteiger partial charge in [-0.2, -0.15) is 0 Å². The molecule has 0 unspecified atom stereocenters. The van der Waals surface area contributed by atoms with Crippen molar-refractivity contribution in [2.45, 2.75) is 19.8 Å². The van der Waals surface area contributed by atoms with Crippen LogP contribution in [0.4, 0.5) is 10.5 Å². The fraction of sp³-hybridized carbons (Fsp3) is 0.375. The van der Waals surface area contributed by atoms with Gasteiger partial charge in [-0.05, 0) is 37.5 Å². The Kier molecular flexibility index (Phi) is 4.62. The van der Waals surface area contributed by atoms with Gasteiger partial charge in [0.2, 0.25) is 0 Å². The van der Waals surface area contributed by atoms with Crippen molar-refractivity contribution in [2.75, 3.05) is 24.5 Å². The summed E-state index contributed by atoms with van der Waals surface area (Å²) in [6, 6.07) is 5.01. The Bertz CT molecular complexity index is 569. The third-order valence-electron chi connectivity index (χ3n) is 3.71. The molecule has 0 atom stereocenters. The van der Waals surface area contributed by atoms with Gasteiger partial charge in [0.15, 0.2) is 0 Å². The zero-order valence-electron chi connectivity index (χ0n) is 12.2. The number of nitrogens with zero attached hydrogens (tertiary/aromatic N) is 2. The molecule has 0 spiro atoms. The average molecular weight is 288 g/mol. The van der Waals surface area contributed by atoms with E-state index in [9.17, 15) is 14.7 Å². The number of carboxylic acid groups (broad SMARTS) is 1. The minimum atomic E-state index is -0.945. The molecule has 0 aromatic heterocycles. The minimum Gasteiger partial charge on any atom is -0.478 e. The van der Waals surface area contributed by atoms with Crippen molar-refractivity contribution < 1.29 is 14.7 Å². The fourth-order valence-electron chi connectivity index (χ4n) is 2.69. The van der Waals surface area contributed by atoms with E-state index in [2.05, 4.69) is 6.58 Å². The highest BCUT2D eigenvalue weighted by Gasteiger charge is 2.28. The zero-order chi connectivity index (χ0) is 15.4. The molecule has 21 heavy (non-hydrogen) atoms. The maximum Gasteiger partial charge on any atom is 0.336 e. The molecule has 2 rings (SSSR count). The van der Waals surface area contributed by atoms with E-state index in [0.717, 1.165) is 12.0 Å². The van der Waals surface area contributed by atoms with Crippen LogP contribution in [0.5, 0.6) is 0 Å². The second kappa shape index (κ2) is 6.43. The Hall–Kier alpha value is -2.30. The number of anilines is 1. The Morgan fingerprint density at radius 2 is 2.24 bits per heavy atom. The first-order chi connectivity index (χ1) is 10.1. The first kappa shape index (κ1) is 15.1. The summed E-state index contributed by atoms with van der Waals surface area (Å²) in [5, 5.41) is 9.28. The highest BCUT2D eigenvalue weighted by atomic mass is 16.4. The standard InChI is InChI=1S/C16H20N2O3/c1-3-10-17(4-2)16(21)18-11-6-8-12-13(15(19)20)7-5-9-14(12)18/h3,5,7,9H,1,4,6,8,10-11H2,2H3,(H,19,20). The van der Waals surface area contributed by atoms with Crippen LogP contribution < -0.4 is 4.90 Å². The summed E-state index contributed by atoms with van der Waals surface area (Å²) in [6.45, 7) is 7.28. The van der Waals surface area contributed by atoms with Crippen molar-refractivity contribution in [3.05, 3.63) is 42.0 Å². The van der Waals surface area contributed by atoms with E-state index in [4.69, 9.17) is 0 Å². The summed E-state index contributed by atoms with van der Waals surface area (Å²) in [6.07, 6.45) is 3.16. The number of likely N-dealkylation sites (N-methyl/N-ethyl adjacent to an activating group) is 1. The summed E-state index contributed by atoms with van der Waals surface area (Å²) < 4.78 is 0. The van der Waals surface area contributed by atoms with Crippen LogP contribution in [0.25, 0.3) is 0 Å². The molecule has 0 fully saturated rings. The lowest BCUT2D eigenvalue weighted by atomic mass is 9.96. The topological polar surface area (TPSA) is 60.9 Å². The van der Waals surface area contributed by atoms with E-state index >= 15 is 0 Å². The highest BCUT2D eigenvalue weighted by molar-refractivity contribution is 5.97. The second-order valence-electron chi connectivity index (χ2n) is 4.97. The quantitative estimate of drug-likeness (QED) is 0.867. The zero-order valence-corrected chi connectivity index (χ0v) is 12.2. The molecule has 0 radical (unpaired) electrons. The Morgan fingerprint density at radius 3 is 2.86 bits per heavy atom. The molecule has 1 aromatic rings. The molecular weight excluding hydrogens is 268 g/mol. The molecule has 1 aliphatic rings. The summed E-state index contributed by atoms with van der Waals surface area (Å²) in [5.74, 6) is -0.945. The van der Waals surface area contributed by atoms with Crippen LogP contribution in [-0.2, 0) is 6.42 Å². The van der Waals surface area contributed by atoms with Crippen molar-refractivity contribution in [3.8, 4) is 0 Å². The van der Waals surface area contributed by atoms with Crippen LogP contribution in [0.1, 0.15) is 29.3 Å². The SMILES string of the molecule is C=CCN(CC)C(=O)N1CCCc2c(C(=O)O)cccc21. The summed E-state index contributed by atoms with van der Waals surface area (Å²) in [4.78, 5) is 27.3. The second-order valence-corrected chi connectivity index (χ2v) is 4.97. The molecule has 0 saturated carbocycles. The number of urea groups is 1. The maximum absolute atomic E-state index is 12.6. The number of aromatic carboxylic acids is 1.